The monoisotopic (exact) mass is 367 g/mol. The number of rotatable bonds is 7. The third kappa shape index (κ3) is 6.88. The normalized spacial score (nSPS) is 17.9. The minimum Gasteiger partial charge on any atom is -0.508 e. The average molecular weight is 368 g/mol. The van der Waals surface area contributed by atoms with Crippen LogP contribution in [-0.2, 0) is 14.3 Å². The number of halogens is 1. The average Bonchev–Trinajstić information content (AvgIpc) is 2.60. The summed E-state index contributed by atoms with van der Waals surface area (Å²) in [5.74, 6) is 0.0501. The lowest BCUT2D eigenvalue weighted by molar-refractivity contribution is -0.151. The summed E-state index contributed by atoms with van der Waals surface area (Å²) in [7, 11) is 0. The number of ether oxygens (including phenoxy) is 1. The molecule has 0 amide bonds. The molecule has 1 saturated heterocycles. The van der Waals surface area contributed by atoms with Gasteiger partial charge in [-0.25, -0.2) is 0 Å². The van der Waals surface area contributed by atoms with Crippen LogP contribution < -0.4 is 0 Å². The second-order valence-electron chi connectivity index (χ2n) is 5.94. The van der Waals surface area contributed by atoms with Crippen LogP contribution in [-0.4, -0.2) is 47.5 Å². The largest absolute Gasteiger partial charge is 0.508 e. The molecule has 1 atom stereocenters. The number of phenolic OH excluding ortho intramolecular Hbond substituents is 1. The number of allylic oxidation sites excluding steroid dienone is 1. The van der Waals surface area contributed by atoms with Crippen LogP contribution in [0.4, 0.5) is 0 Å². The zero-order chi connectivity index (χ0) is 17.4. The molecule has 1 aromatic carbocycles. The lowest BCUT2D eigenvalue weighted by Gasteiger charge is -2.33. The van der Waals surface area contributed by atoms with Crippen LogP contribution in [0.2, 0.25) is 0 Å². The predicted octanol–water partition coefficient (Wildman–Crippen LogP) is 3.20. The van der Waals surface area contributed by atoms with Crippen LogP contribution in [0, 0.1) is 0 Å². The van der Waals surface area contributed by atoms with E-state index in [4.69, 9.17) is 4.74 Å². The molecule has 1 aromatic rings. The quantitative estimate of drug-likeness (QED) is 0.592. The number of likely N-dealkylation sites (tertiary alicyclic amines) is 1. The van der Waals surface area contributed by atoms with E-state index in [-0.39, 0.29) is 36.0 Å². The van der Waals surface area contributed by atoms with Crippen molar-refractivity contribution in [3.05, 3.63) is 35.9 Å². The summed E-state index contributed by atoms with van der Waals surface area (Å²) < 4.78 is 5.13. The van der Waals surface area contributed by atoms with E-state index in [1.54, 1.807) is 36.4 Å². The van der Waals surface area contributed by atoms with Crippen molar-refractivity contribution < 1.29 is 19.4 Å². The van der Waals surface area contributed by atoms with Gasteiger partial charge in [0.15, 0.2) is 5.78 Å². The first kappa shape index (κ1) is 21.2. The number of ketones is 1. The fourth-order valence-corrected chi connectivity index (χ4v) is 2.88. The predicted molar refractivity (Wildman–Crippen MR) is 99.9 cm³/mol. The second kappa shape index (κ2) is 10.9. The zero-order valence-electron chi connectivity index (χ0n) is 14.5. The van der Waals surface area contributed by atoms with Crippen LogP contribution >= 0.6 is 12.4 Å². The van der Waals surface area contributed by atoms with Crippen molar-refractivity contribution in [1.29, 1.82) is 0 Å². The lowest BCUT2D eigenvalue weighted by atomic mass is 10.0. The molecule has 1 aliphatic heterocycles. The number of benzene rings is 1. The summed E-state index contributed by atoms with van der Waals surface area (Å²) >= 11 is 0. The number of aromatic hydroxyl groups is 1. The Kier molecular flexibility index (Phi) is 9.24. The smallest absolute Gasteiger partial charge is 0.323 e. The molecule has 0 spiro atoms. The van der Waals surface area contributed by atoms with Crippen LogP contribution in [0.15, 0.2) is 30.3 Å². The van der Waals surface area contributed by atoms with Gasteiger partial charge in [-0.2, -0.15) is 0 Å². The van der Waals surface area contributed by atoms with Gasteiger partial charge >= 0.3 is 5.97 Å². The summed E-state index contributed by atoms with van der Waals surface area (Å²) in [5, 5.41) is 9.24. The van der Waals surface area contributed by atoms with E-state index in [0.29, 0.717) is 19.6 Å². The van der Waals surface area contributed by atoms with Gasteiger partial charge in [-0.05, 0) is 50.1 Å². The number of phenols is 1. The number of carbonyl (C=O) groups is 2. The van der Waals surface area contributed by atoms with Gasteiger partial charge < -0.3 is 9.84 Å². The fraction of sp³-hybridized carbons (Fsp3) is 0.474. The molecule has 25 heavy (non-hydrogen) atoms. The van der Waals surface area contributed by atoms with Crippen molar-refractivity contribution in [3.63, 3.8) is 0 Å². The van der Waals surface area contributed by atoms with Crippen LogP contribution in [0.5, 0.6) is 5.75 Å². The van der Waals surface area contributed by atoms with E-state index in [0.717, 1.165) is 31.4 Å². The van der Waals surface area contributed by atoms with Gasteiger partial charge in [0.1, 0.15) is 11.8 Å². The highest BCUT2D eigenvalue weighted by Gasteiger charge is 2.29. The summed E-state index contributed by atoms with van der Waals surface area (Å²) in [6, 6.07) is 6.46. The van der Waals surface area contributed by atoms with Gasteiger partial charge in [0.2, 0.25) is 0 Å². The molecule has 5 nitrogen and oxygen atoms in total. The van der Waals surface area contributed by atoms with Gasteiger partial charge in [-0.1, -0.05) is 24.6 Å². The number of piperidine rings is 1. The molecule has 1 unspecified atom stereocenters. The number of esters is 1. The SMILES string of the molecule is CCOC(=O)C1CCCCN1CCC(=O)C=Cc1ccc(O)cc1.Cl. The standard InChI is InChI=1S/C19H25NO4.ClH/c1-2-24-19(23)18-5-3-4-13-20(18)14-12-17(22)11-8-15-6-9-16(21)10-7-15;/h6-11,18,21H,2-5,12-14H2,1H3;1H. The van der Waals surface area contributed by atoms with Crippen molar-refractivity contribution in [2.24, 2.45) is 0 Å². The minimum atomic E-state index is -0.215. The molecule has 0 bridgehead atoms. The maximum Gasteiger partial charge on any atom is 0.323 e. The molecule has 1 fully saturated rings. The minimum absolute atomic E-state index is 0. The molecule has 0 saturated carbocycles. The van der Waals surface area contributed by atoms with E-state index in [9.17, 15) is 14.7 Å². The first-order valence-corrected chi connectivity index (χ1v) is 8.50. The van der Waals surface area contributed by atoms with E-state index < -0.39 is 0 Å². The maximum atomic E-state index is 12.0. The lowest BCUT2D eigenvalue weighted by Crippen LogP contribution is -2.46. The van der Waals surface area contributed by atoms with E-state index in [1.165, 1.54) is 0 Å². The molecule has 2 rings (SSSR count). The summed E-state index contributed by atoms with van der Waals surface area (Å²) in [5.41, 5.74) is 0.864. The van der Waals surface area contributed by atoms with Crippen molar-refractivity contribution in [3.8, 4) is 5.75 Å². The molecular weight excluding hydrogens is 342 g/mol. The highest BCUT2D eigenvalue weighted by Crippen LogP contribution is 2.18. The Balaban J connectivity index is 0.00000312. The molecule has 6 heteroatoms. The van der Waals surface area contributed by atoms with Crippen molar-refractivity contribution >= 4 is 30.2 Å². The Hall–Kier alpha value is -1.85. The first-order chi connectivity index (χ1) is 11.6. The molecule has 0 radical (unpaired) electrons. The topological polar surface area (TPSA) is 66.8 Å². The van der Waals surface area contributed by atoms with Gasteiger partial charge in [-0.3, -0.25) is 14.5 Å². The number of nitrogens with zero attached hydrogens (tertiary/aromatic N) is 1. The molecule has 1 aliphatic rings. The fourth-order valence-electron chi connectivity index (χ4n) is 2.88. The Morgan fingerprint density at radius 3 is 2.68 bits per heavy atom. The maximum absolute atomic E-state index is 12.0. The molecule has 0 aromatic heterocycles. The van der Waals surface area contributed by atoms with Crippen molar-refractivity contribution in [2.45, 2.75) is 38.6 Å². The van der Waals surface area contributed by atoms with Gasteiger partial charge in [0.05, 0.1) is 6.61 Å². The first-order valence-electron chi connectivity index (χ1n) is 8.50. The summed E-state index contributed by atoms with van der Waals surface area (Å²) in [4.78, 5) is 26.1. The van der Waals surface area contributed by atoms with Crippen molar-refractivity contribution in [1.82, 2.24) is 4.90 Å². The van der Waals surface area contributed by atoms with Crippen molar-refractivity contribution in [2.75, 3.05) is 19.7 Å². The number of hydrogen-bond donors (Lipinski definition) is 1. The number of hydrogen-bond acceptors (Lipinski definition) is 5. The Morgan fingerprint density at radius 1 is 1.28 bits per heavy atom. The Bertz CT molecular complexity index is 586. The second-order valence-corrected chi connectivity index (χ2v) is 5.94. The Morgan fingerprint density at radius 2 is 2.00 bits per heavy atom. The number of carbonyl (C=O) groups excluding carboxylic acids is 2. The highest BCUT2D eigenvalue weighted by molar-refractivity contribution is 5.93. The summed E-state index contributed by atoms with van der Waals surface area (Å²) in [6.07, 6.45) is 6.54. The van der Waals surface area contributed by atoms with Crippen LogP contribution in [0.25, 0.3) is 6.08 Å². The molecule has 138 valence electrons. The Labute approximate surface area is 155 Å². The molecule has 1 N–H and O–H groups in total. The molecular formula is C19H26ClNO4. The van der Waals surface area contributed by atoms with E-state index in [1.807, 2.05) is 6.92 Å². The van der Waals surface area contributed by atoms with Gasteiger partial charge in [-0.15, -0.1) is 12.4 Å². The van der Waals surface area contributed by atoms with Gasteiger partial charge in [0, 0.05) is 13.0 Å². The van der Waals surface area contributed by atoms with E-state index in [2.05, 4.69) is 4.90 Å². The van der Waals surface area contributed by atoms with E-state index >= 15 is 0 Å². The molecule has 1 heterocycles. The third-order valence-corrected chi connectivity index (χ3v) is 4.17. The van der Waals surface area contributed by atoms with Crippen LogP contribution in [0.1, 0.15) is 38.2 Å². The zero-order valence-corrected chi connectivity index (χ0v) is 15.3. The highest BCUT2D eigenvalue weighted by atomic mass is 35.5. The van der Waals surface area contributed by atoms with Crippen LogP contribution in [0.3, 0.4) is 0 Å². The molecule has 0 aliphatic carbocycles. The van der Waals surface area contributed by atoms with Gasteiger partial charge in [0.25, 0.3) is 0 Å². The summed E-state index contributed by atoms with van der Waals surface area (Å²) in [6.45, 7) is 3.60. The third-order valence-electron chi connectivity index (χ3n) is 4.17.